The molecule has 2 N–H and O–H groups in total. The summed E-state index contributed by atoms with van der Waals surface area (Å²) in [7, 11) is 0. The van der Waals surface area contributed by atoms with Crippen molar-refractivity contribution in [1.82, 2.24) is 20.2 Å². The molecule has 0 unspecified atom stereocenters. The van der Waals surface area contributed by atoms with Gasteiger partial charge in [-0.1, -0.05) is 17.7 Å². The Hall–Kier alpha value is -4.01. The molecule has 0 saturated carbocycles. The third kappa shape index (κ3) is 4.83. The van der Waals surface area contributed by atoms with Gasteiger partial charge in [-0.2, -0.15) is 0 Å². The molecule has 32 heavy (non-hydrogen) atoms. The van der Waals surface area contributed by atoms with Gasteiger partial charge in [-0.15, -0.1) is 0 Å². The van der Waals surface area contributed by atoms with Crippen molar-refractivity contribution in [3.8, 4) is 0 Å². The number of rotatable bonds is 5. The van der Waals surface area contributed by atoms with Gasteiger partial charge in [0.05, 0.1) is 6.26 Å². The summed E-state index contributed by atoms with van der Waals surface area (Å²) in [5.41, 5.74) is 1.46. The van der Waals surface area contributed by atoms with Crippen molar-refractivity contribution < 1.29 is 18.8 Å². The molecule has 1 aliphatic rings. The van der Waals surface area contributed by atoms with E-state index < -0.39 is 5.91 Å². The highest BCUT2D eigenvalue weighted by atomic mass is 16.3. The molecule has 164 valence electrons. The van der Waals surface area contributed by atoms with Crippen LogP contribution < -0.4 is 10.6 Å². The second kappa shape index (κ2) is 9.42. The molecule has 3 aromatic rings. The molecule has 0 bridgehead atoms. The van der Waals surface area contributed by atoms with Gasteiger partial charge in [0.2, 0.25) is 0 Å². The SMILES string of the molecule is Cc1cccc(C(=O)Nc2nccnc2C(=O)NC2CCN(C(=O)c3ccco3)CC2)c1. The molecule has 1 aliphatic heterocycles. The highest BCUT2D eigenvalue weighted by molar-refractivity contribution is 6.07. The molecular weight excluding hydrogens is 410 g/mol. The molecule has 1 fully saturated rings. The molecule has 0 radical (unpaired) electrons. The molecule has 9 nitrogen and oxygen atoms in total. The highest BCUT2D eigenvalue weighted by Gasteiger charge is 2.27. The number of aryl methyl sites for hydroxylation is 1. The molecule has 0 aliphatic carbocycles. The van der Waals surface area contributed by atoms with E-state index in [4.69, 9.17) is 4.42 Å². The van der Waals surface area contributed by atoms with Gasteiger partial charge in [-0.3, -0.25) is 14.4 Å². The lowest BCUT2D eigenvalue weighted by Crippen LogP contribution is -2.46. The van der Waals surface area contributed by atoms with E-state index in [0.29, 0.717) is 37.3 Å². The van der Waals surface area contributed by atoms with Crippen LogP contribution in [0.1, 0.15) is 49.8 Å². The number of benzene rings is 1. The number of amides is 3. The van der Waals surface area contributed by atoms with Gasteiger partial charge >= 0.3 is 0 Å². The van der Waals surface area contributed by atoms with Crippen LogP contribution in [0.25, 0.3) is 0 Å². The quantitative estimate of drug-likeness (QED) is 0.639. The minimum Gasteiger partial charge on any atom is -0.459 e. The number of likely N-dealkylation sites (tertiary alicyclic amines) is 1. The van der Waals surface area contributed by atoms with Gasteiger partial charge in [0, 0.05) is 37.1 Å². The number of nitrogens with one attached hydrogen (secondary N) is 2. The number of furan rings is 1. The van der Waals surface area contributed by atoms with Crippen molar-refractivity contribution >= 4 is 23.5 Å². The van der Waals surface area contributed by atoms with Crippen molar-refractivity contribution in [2.24, 2.45) is 0 Å². The monoisotopic (exact) mass is 433 g/mol. The third-order valence-electron chi connectivity index (χ3n) is 5.27. The smallest absolute Gasteiger partial charge is 0.289 e. The average Bonchev–Trinajstić information content (AvgIpc) is 3.34. The number of hydrogen-bond donors (Lipinski definition) is 2. The van der Waals surface area contributed by atoms with Crippen molar-refractivity contribution in [3.63, 3.8) is 0 Å². The second-order valence-electron chi connectivity index (χ2n) is 7.59. The first-order valence-electron chi connectivity index (χ1n) is 10.3. The number of nitrogens with zero attached hydrogens (tertiary/aromatic N) is 3. The molecule has 3 amide bonds. The van der Waals surface area contributed by atoms with Crippen LogP contribution in [0, 0.1) is 6.92 Å². The van der Waals surface area contributed by atoms with Gasteiger partial charge in [-0.25, -0.2) is 9.97 Å². The molecule has 0 spiro atoms. The van der Waals surface area contributed by atoms with Crippen LogP contribution in [-0.4, -0.2) is 51.7 Å². The van der Waals surface area contributed by atoms with E-state index in [0.717, 1.165) is 5.56 Å². The maximum Gasteiger partial charge on any atom is 0.289 e. The zero-order valence-corrected chi connectivity index (χ0v) is 17.6. The van der Waals surface area contributed by atoms with E-state index in [1.54, 1.807) is 35.2 Å². The van der Waals surface area contributed by atoms with Crippen LogP contribution >= 0.6 is 0 Å². The van der Waals surface area contributed by atoms with Crippen LogP contribution in [0.3, 0.4) is 0 Å². The fourth-order valence-electron chi connectivity index (χ4n) is 3.60. The Morgan fingerprint density at radius 1 is 1.03 bits per heavy atom. The topological polar surface area (TPSA) is 117 Å². The standard InChI is InChI=1S/C23H23N5O4/c1-15-4-2-5-16(14-15)21(29)27-20-19(24-9-10-25-20)22(30)26-17-7-11-28(12-8-17)23(31)18-6-3-13-32-18/h2-6,9-10,13-14,17H,7-8,11-12H2,1H3,(H,26,30)(H,25,27,29). The Morgan fingerprint density at radius 3 is 2.53 bits per heavy atom. The number of carbonyl (C=O) groups is 3. The van der Waals surface area contributed by atoms with Crippen LogP contribution in [0.4, 0.5) is 5.82 Å². The summed E-state index contributed by atoms with van der Waals surface area (Å²) < 4.78 is 5.17. The Balaban J connectivity index is 1.37. The molecule has 1 saturated heterocycles. The summed E-state index contributed by atoms with van der Waals surface area (Å²) in [5.74, 6) is -0.542. The molecule has 1 aromatic carbocycles. The normalized spacial score (nSPS) is 14.1. The Bertz CT molecular complexity index is 1120. The Labute approximate surface area is 184 Å². The van der Waals surface area contributed by atoms with Crippen LogP contribution in [0.5, 0.6) is 0 Å². The largest absolute Gasteiger partial charge is 0.459 e. The van der Waals surface area contributed by atoms with Gasteiger partial charge in [0.15, 0.2) is 17.3 Å². The average molecular weight is 433 g/mol. The van der Waals surface area contributed by atoms with Crippen molar-refractivity contribution in [2.75, 3.05) is 18.4 Å². The first-order chi connectivity index (χ1) is 15.5. The molecule has 2 aromatic heterocycles. The number of piperidine rings is 1. The number of aromatic nitrogens is 2. The molecular formula is C23H23N5O4. The van der Waals surface area contributed by atoms with E-state index in [2.05, 4.69) is 20.6 Å². The van der Waals surface area contributed by atoms with Crippen molar-refractivity contribution in [3.05, 3.63) is 77.6 Å². The molecule has 9 heteroatoms. The summed E-state index contributed by atoms with van der Waals surface area (Å²) in [6.45, 7) is 2.90. The maximum atomic E-state index is 12.8. The zero-order valence-electron chi connectivity index (χ0n) is 17.6. The summed E-state index contributed by atoms with van der Waals surface area (Å²) in [6, 6.07) is 10.3. The third-order valence-corrected chi connectivity index (χ3v) is 5.27. The van der Waals surface area contributed by atoms with Gasteiger partial charge in [0.25, 0.3) is 17.7 Å². The Kier molecular flexibility index (Phi) is 6.25. The number of hydrogen-bond acceptors (Lipinski definition) is 6. The lowest BCUT2D eigenvalue weighted by Gasteiger charge is -2.31. The minimum atomic E-state index is -0.423. The first-order valence-corrected chi connectivity index (χ1v) is 10.3. The van der Waals surface area contributed by atoms with Crippen molar-refractivity contribution in [1.29, 1.82) is 0 Å². The highest BCUT2D eigenvalue weighted by Crippen LogP contribution is 2.16. The lowest BCUT2D eigenvalue weighted by atomic mass is 10.0. The number of anilines is 1. The zero-order chi connectivity index (χ0) is 22.5. The molecule has 0 atom stereocenters. The van der Waals surface area contributed by atoms with E-state index in [-0.39, 0.29) is 29.4 Å². The minimum absolute atomic E-state index is 0.0441. The van der Waals surface area contributed by atoms with Gasteiger partial charge in [-0.05, 0) is 44.0 Å². The molecule has 4 rings (SSSR count). The summed E-state index contributed by atoms with van der Waals surface area (Å²) in [5, 5.41) is 5.61. The van der Waals surface area contributed by atoms with Gasteiger partial charge < -0.3 is 20.0 Å². The summed E-state index contributed by atoms with van der Waals surface area (Å²) in [4.78, 5) is 47.8. The van der Waals surface area contributed by atoms with Crippen molar-refractivity contribution in [2.45, 2.75) is 25.8 Å². The van der Waals surface area contributed by atoms with Crippen LogP contribution in [-0.2, 0) is 0 Å². The predicted octanol–water partition coefficient (Wildman–Crippen LogP) is 2.66. The summed E-state index contributed by atoms with van der Waals surface area (Å²) >= 11 is 0. The number of carbonyl (C=O) groups excluding carboxylic acids is 3. The lowest BCUT2D eigenvalue weighted by molar-refractivity contribution is 0.0667. The fourth-order valence-corrected chi connectivity index (χ4v) is 3.60. The Morgan fingerprint density at radius 2 is 1.81 bits per heavy atom. The predicted molar refractivity (Wildman–Crippen MR) is 116 cm³/mol. The van der Waals surface area contributed by atoms with E-state index in [1.165, 1.54) is 18.7 Å². The summed E-state index contributed by atoms with van der Waals surface area (Å²) in [6.07, 6.45) is 5.49. The second-order valence-corrected chi connectivity index (χ2v) is 7.59. The van der Waals surface area contributed by atoms with Crippen LogP contribution in [0.15, 0.2) is 59.5 Å². The van der Waals surface area contributed by atoms with E-state index >= 15 is 0 Å². The first kappa shape index (κ1) is 21.2. The fraction of sp³-hybridized carbons (Fsp3) is 0.261. The molecule has 3 heterocycles. The maximum absolute atomic E-state index is 12.8. The van der Waals surface area contributed by atoms with E-state index in [9.17, 15) is 14.4 Å². The van der Waals surface area contributed by atoms with Gasteiger partial charge in [0.1, 0.15) is 0 Å². The van der Waals surface area contributed by atoms with E-state index in [1.807, 2.05) is 13.0 Å². The van der Waals surface area contributed by atoms with Crippen LogP contribution in [0.2, 0.25) is 0 Å².